The second kappa shape index (κ2) is 7.83. The van der Waals surface area contributed by atoms with E-state index in [9.17, 15) is 0 Å². The number of hydrogen-bond donors (Lipinski definition) is 0. The third-order valence-electron chi connectivity index (χ3n) is 8.06. The fourth-order valence-electron chi connectivity index (χ4n) is 6.22. The molecule has 39 heavy (non-hydrogen) atoms. The molecule has 0 N–H and O–H groups in total. The largest absolute Gasteiger partial charge is 0.456 e. The molecule has 182 valence electrons. The highest BCUT2D eigenvalue weighted by molar-refractivity contribution is 7.17. The summed E-state index contributed by atoms with van der Waals surface area (Å²) in [5.74, 6) is 0. The lowest BCUT2D eigenvalue weighted by molar-refractivity contribution is 0.669. The molecule has 0 unspecified atom stereocenters. The Morgan fingerprint density at radius 1 is 0.513 bits per heavy atom. The highest BCUT2D eigenvalue weighted by Crippen LogP contribution is 2.44. The Labute approximate surface area is 227 Å². The Morgan fingerprint density at radius 3 is 2.26 bits per heavy atom. The molecule has 0 spiro atoms. The Bertz CT molecular complexity index is 2390. The molecule has 9 aromatic rings. The van der Waals surface area contributed by atoms with Crippen LogP contribution in [-0.2, 0) is 0 Å². The fraction of sp³-hybridized carbons (Fsp3) is 0. The van der Waals surface area contributed by atoms with Crippen LogP contribution in [-0.4, -0.2) is 4.57 Å². The van der Waals surface area contributed by atoms with Crippen LogP contribution in [0.4, 0.5) is 0 Å². The monoisotopic (exact) mass is 515 g/mol. The predicted octanol–water partition coefficient (Wildman–Crippen LogP) is 10.7. The minimum absolute atomic E-state index is 0.928. The molecule has 0 saturated carbocycles. The molecule has 2 nitrogen and oxygen atoms in total. The molecule has 0 radical (unpaired) electrons. The van der Waals surface area contributed by atoms with Crippen molar-refractivity contribution in [2.24, 2.45) is 0 Å². The first-order valence-electron chi connectivity index (χ1n) is 13.2. The van der Waals surface area contributed by atoms with E-state index in [4.69, 9.17) is 4.42 Å². The van der Waals surface area contributed by atoms with Crippen LogP contribution < -0.4 is 0 Å². The molecule has 0 fully saturated rings. The Morgan fingerprint density at radius 2 is 1.33 bits per heavy atom. The van der Waals surface area contributed by atoms with E-state index in [2.05, 4.69) is 125 Å². The number of hydrogen-bond acceptors (Lipinski definition) is 2. The van der Waals surface area contributed by atoms with E-state index in [0.29, 0.717) is 0 Å². The number of thiophene rings is 1. The number of rotatable bonds is 2. The number of aromatic nitrogens is 1. The van der Waals surface area contributed by atoms with Crippen molar-refractivity contribution in [3.05, 3.63) is 127 Å². The van der Waals surface area contributed by atoms with Gasteiger partial charge in [-0.1, -0.05) is 54.6 Å². The van der Waals surface area contributed by atoms with Gasteiger partial charge in [0.1, 0.15) is 11.2 Å². The van der Waals surface area contributed by atoms with Gasteiger partial charge in [0.25, 0.3) is 0 Å². The molecule has 0 aliphatic heterocycles. The zero-order valence-electron chi connectivity index (χ0n) is 20.9. The molecule has 0 aliphatic rings. The zero-order chi connectivity index (χ0) is 25.5. The third-order valence-corrected chi connectivity index (χ3v) is 9.03. The lowest BCUT2D eigenvalue weighted by atomic mass is 9.91. The lowest BCUT2D eigenvalue weighted by Gasteiger charge is -2.13. The molecule has 3 aromatic heterocycles. The molecule has 3 heteroatoms. The van der Waals surface area contributed by atoms with E-state index in [1.54, 1.807) is 0 Å². The first-order valence-corrected chi connectivity index (χ1v) is 14.0. The van der Waals surface area contributed by atoms with Crippen LogP contribution in [0.2, 0.25) is 0 Å². The predicted molar refractivity (Wildman–Crippen MR) is 166 cm³/mol. The van der Waals surface area contributed by atoms with E-state index in [0.717, 1.165) is 21.9 Å². The molecule has 6 aromatic carbocycles. The van der Waals surface area contributed by atoms with E-state index in [1.807, 2.05) is 17.4 Å². The van der Waals surface area contributed by atoms with Crippen LogP contribution in [0.5, 0.6) is 0 Å². The highest BCUT2D eigenvalue weighted by atomic mass is 32.1. The number of furan rings is 1. The van der Waals surface area contributed by atoms with Crippen molar-refractivity contribution in [1.29, 1.82) is 0 Å². The fourth-order valence-corrected chi connectivity index (χ4v) is 7.19. The number of nitrogens with zero attached hydrogens (tertiary/aromatic N) is 1. The minimum Gasteiger partial charge on any atom is -0.456 e. The second-order valence-electron chi connectivity index (χ2n) is 10.2. The summed E-state index contributed by atoms with van der Waals surface area (Å²) < 4.78 is 9.95. The summed E-state index contributed by atoms with van der Waals surface area (Å²) in [6, 6.07) is 41.5. The summed E-state index contributed by atoms with van der Waals surface area (Å²) in [6.45, 7) is 0. The molecule has 0 aliphatic carbocycles. The molecule has 9 rings (SSSR count). The number of benzene rings is 6. The van der Waals surface area contributed by atoms with Gasteiger partial charge in [-0.15, -0.1) is 11.3 Å². The van der Waals surface area contributed by atoms with Gasteiger partial charge >= 0.3 is 0 Å². The van der Waals surface area contributed by atoms with Crippen LogP contribution in [0.15, 0.2) is 131 Å². The zero-order valence-corrected chi connectivity index (χ0v) is 21.7. The Balaban J connectivity index is 1.44. The van der Waals surface area contributed by atoms with Crippen molar-refractivity contribution in [2.45, 2.75) is 0 Å². The third kappa shape index (κ3) is 3.02. The average Bonchev–Trinajstić information content (AvgIpc) is 3.70. The maximum atomic E-state index is 6.36. The molecular weight excluding hydrogens is 494 g/mol. The maximum Gasteiger partial charge on any atom is 0.136 e. The van der Waals surface area contributed by atoms with Gasteiger partial charge in [0.05, 0.1) is 5.52 Å². The van der Waals surface area contributed by atoms with E-state index < -0.39 is 0 Å². The number of fused-ring (bicyclic) bond motifs is 8. The highest BCUT2D eigenvalue weighted by Gasteiger charge is 2.17. The lowest BCUT2D eigenvalue weighted by Crippen LogP contribution is -1.91. The first-order chi connectivity index (χ1) is 19.3. The van der Waals surface area contributed by atoms with Gasteiger partial charge < -0.3 is 8.98 Å². The number of para-hydroxylation sites is 2. The summed E-state index contributed by atoms with van der Waals surface area (Å²) in [7, 11) is 0. The van der Waals surface area contributed by atoms with Crippen LogP contribution in [0.3, 0.4) is 0 Å². The van der Waals surface area contributed by atoms with Gasteiger partial charge in [0.15, 0.2) is 0 Å². The van der Waals surface area contributed by atoms with Gasteiger partial charge in [-0.2, -0.15) is 0 Å². The Kier molecular flexibility index (Phi) is 4.24. The summed E-state index contributed by atoms with van der Waals surface area (Å²) in [5, 5.41) is 12.1. The summed E-state index contributed by atoms with van der Waals surface area (Å²) >= 11 is 1.81. The van der Waals surface area contributed by atoms with Crippen LogP contribution in [0.25, 0.3) is 81.3 Å². The van der Waals surface area contributed by atoms with Gasteiger partial charge in [-0.25, -0.2) is 0 Å². The summed E-state index contributed by atoms with van der Waals surface area (Å²) in [4.78, 5) is 0. The molecule has 0 bridgehead atoms. The SMILES string of the molecule is c1ccc(-n2ccc3cc4c(cc(-c5csc6ccccc56)c5cc6c(cc54)oc4ccccc46)cc32)cc1. The van der Waals surface area contributed by atoms with E-state index in [-0.39, 0.29) is 0 Å². The van der Waals surface area contributed by atoms with Gasteiger partial charge in [-0.3, -0.25) is 0 Å². The molecule has 0 saturated heterocycles. The average molecular weight is 516 g/mol. The van der Waals surface area contributed by atoms with Gasteiger partial charge in [0.2, 0.25) is 0 Å². The van der Waals surface area contributed by atoms with Crippen LogP contribution in [0, 0.1) is 0 Å². The first kappa shape index (κ1) is 21.1. The van der Waals surface area contributed by atoms with Crippen molar-refractivity contribution >= 4 is 75.8 Å². The Hall–Kier alpha value is -4.86. The van der Waals surface area contributed by atoms with Crippen LogP contribution in [0.1, 0.15) is 0 Å². The van der Waals surface area contributed by atoms with Crippen molar-refractivity contribution < 1.29 is 4.42 Å². The topological polar surface area (TPSA) is 18.1 Å². The van der Waals surface area contributed by atoms with E-state index in [1.165, 1.54) is 59.3 Å². The molecule has 3 heterocycles. The van der Waals surface area contributed by atoms with Crippen molar-refractivity contribution in [3.63, 3.8) is 0 Å². The molecular formula is C36H21NOS. The molecule has 0 atom stereocenters. The molecule has 0 amide bonds. The standard InChI is InChI=1S/C36H21NOS/c1-2-8-24(9-3-1)37-15-14-22-16-27-23(18-33(22)37)17-28(32-21-39-36-13-7-5-11-26(32)36)29-19-31-25-10-4-6-12-34(25)38-35(31)20-30(27)29/h1-21H. The normalized spacial score (nSPS) is 12.1. The summed E-state index contributed by atoms with van der Waals surface area (Å²) in [6.07, 6.45) is 2.17. The van der Waals surface area contributed by atoms with Gasteiger partial charge in [-0.05, 0) is 93.2 Å². The van der Waals surface area contributed by atoms with Gasteiger partial charge in [0, 0.05) is 43.7 Å². The van der Waals surface area contributed by atoms with Crippen molar-refractivity contribution in [1.82, 2.24) is 4.57 Å². The second-order valence-corrected chi connectivity index (χ2v) is 11.1. The quantitative estimate of drug-likeness (QED) is 0.209. The van der Waals surface area contributed by atoms with Crippen LogP contribution >= 0.6 is 11.3 Å². The smallest absolute Gasteiger partial charge is 0.136 e. The van der Waals surface area contributed by atoms with Crippen molar-refractivity contribution in [2.75, 3.05) is 0 Å². The van der Waals surface area contributed by atoms with Crippen molar-refractivity contribution in [3.8, 4) is 16.8 Å². The summed E-state index contributed by atoms with van der Waals surface area (Å²) in [5.41, 5.74) is 6.78. The van der Waals surface area contributed by atoms with E-state index >= 15 is 0 Å². The minimum atomic E-state index is 0.928. The maximum absolute atomic E-state index is 6.36.